The molecule has 1 aliphatic rings. The number of likely N-dealkylation sites (tertiary alicyclic amines) is 1. The van der Waals surface area contributed by atoms with Gasteiger partial charge in [-0.3, -0.25) is 0 Å². The molecule has 2 atom stereocenters. The Balaban J connectivity index is 2.63. The van der Waals surface area contributed by atoms with E-state index in [-0.39, 0.29) is 12.1 Å². The molecule has 0 aliphatic carbocycles. The van der Waals surface area contributed by atoms with E-state index < -0.39 is 11.7 Å². The number of aliphatic hydroxyl groups is 1. The number of aliphatic hydroxyl groups excluding tert-OH is 1. The Labute approximate surface area is 103 Å². The molecule has 1 aliphatic heterocycles. The molecule has 1 amide bonds. The Morgan fingerprint density at radius 1 is 1.47 bits per heavy atom. The van der Waals surface area contributed by atoms with Gasteiger partial charge < -0.3 is 19.6 Å². The normalized spacial score (nSPS) is 25.5. The van der Waals surface area contributed by atoms with Crippen LogP contribution in [-0.2, 0) is 4.74 Å². The summed E-state index contributed by atoms with van der Waals surface area (Å²) in [5, 5.41) is 9.66. The van der Waals surface area contributed by atoms with Crippen molar-refractivity contribution in [1.82, 2.24) is 9.80 Å². The summed E-state index contributed by atoms with van der Waals surface area (Å²) in [6, 6.07) is 0.0369. The van der Waals surface area contributed by atoms with E-state index in [1.165, 1.54) is 0 Å². The molecule has 1 heterocycles. The second kappa shape index (κ2) is 5.23. The zero-order valence-electron chi connectivity index (χ0n) is 11.4. The molecule has 0 aromatic heterocycles. The van der Waals surface area contributed by atoms with Crippen LogP contribution in [0.25, 0.3) is 0 Å². The van der Waals surface area contributed by atoms with Gasteiger partial charge in [-0.15, -0.1) is 0 Å². The van der Waals surface area contributed by atoms with Crippen LogP contribution in [0, 0.1) is 0 Å². The minimum Gasteiger partial charge on any atom is -0.444 e. The third-order valence-electron chi connectivity index (χ3n) is 2.60. The predicted molar refractivity (Wildman–Crippen MR) is 65.9 cm³/mol. The van der Waals surface area contributed by atoms with E-state index in [4.69, 9.17) is 4.74 Å². The van der Waals surface area contributed by atoms with Crippen molar-refractivity contribution in [1.29, 1.82) is 0 Å². The largest absolute Gasteiger partial charge is 0.444 e. The molecule has 1 rings (SSSR count). The number of nitrogens with zero attached hydrogens (tertiary/aromatic N) is 2. The molecular formula is C12H24N2O3. The average Bonchev–Trinajstić information content (AvgIpc) is 2.42. The first-order valence-corrected chi connectivity index (χ1v) is 6.01. The van der Waals surface area contributed by atoms with Gasteiger partial charge in [0.05, 0.1) is 18.7 Å². The molecule has 17 heavy (non-hydrogen) atoms. The van der Waals surface area contributed by atoms with Crippen molar-refractivity contribution in [2.75, 3.05) is 27.2 Å². The summed E-state index contributed by atoms with van der Waals surface area (Å²) in [4.78, 5) is 15.6. The van der Waals surface area contributed by atoms with Gasteiger partial charge >= 0.3 is 6.09 Å². The quantitative estimate of drug-likeness (QED) is 0.785. The summed E-state index contributed by atoms with van der Waals surface area (Å²) < 4.78 is 5.34. The lowest BCUT2D eigenvalue weighted by atomic mass is 10.2. The molecule has 5 nitrogen and oxygen atoms in total. The van der Waals surface area contributed by atoms with Gasteiger partial charge in [0.15, 0.2) is 0 Å². The third-order valence-corrected chi connectivity index (χ3v) is 2.60. The maximum Gasteiger partial charge on any atom is 0.410 e. The first-order chi connectivity index (χ1) is 7.69. The van der Waals surface area contributed by atoms with Crippen molar-refractivity contribution in [2.24, 2.45) is 0 Å². The number of β-amino-alcohol motifs (C(OH)–C–C–N with tert-alkyl or cyclic N) is 1. The van der Waals surface area contributed by atoms with Crippen molar-refractivity contribution in [3.63, 3.8) is 0 Å². The van der Waals surface area contributed by atoms with E-state index in [0.29, 0.717) is 13.0 Å². The van der Waals surface area contributed by atoms with Crippen molar-refractivity contribution >= 4 is 6.09 Å². The van der Waals surface area contributed by atoms with Gasteiger partial charge in [0.2, 0.25) is 0 Å². The van der Waals surface area contributed by atoms with Gasteiger partial charge in [-0.25, -0.2) is 4.79 Å². The molecular weight excluding hydrogens is 220 g/mol. The number of likely N-dealkylation sites (N-methyl/N-ethyl adjacent to an activating group) is 1. The highest BCUT2D eigenvalue weighted by atomic mass is 16.6. The second-order valence-corrected chi connectivity index (χ2v) is 5.94. The fraction of sp³-hybridized carbons (Fsp3) is 0.917. The van der Waals surface area contributed by atoms with E-state index >= 15 is 0 Å². The Morgan fingerprint density at radius 2 is 2.06 bits per heavy atom. The van der Waals surface area contributed by atoms with Crippen molar-refractivity contribution in [2.45, 2.75) is 44.9 Å². The number of rotatable bonds is 2. The van der Waals surface area contributed by atoms with Crippen LogP contribution in [0.5, 0.6) is 0 Å². The number of carbonyl (C=O) groups is 1. The fourth-order valence-corrected chi connectivity index (χ4v) is 2.03. The van der Waals surface area contributed by atoms with Gasteiger partial charge in [-0.05, 0) is 41.3 Å². The number of hydrogen-bond acceptors (Lipinski definition) is 4. The highest BCUT2D eigenvalue weighted by Gasteiger charge is 2.36. The van der Waals surface area contributed by atoms with Crippen LogP contribution in [0.4, 0.5) is 4.79 Å². The van der Waals surface area contributed by atoms with Crippen LogP contribution >= 0.6 is 0 Å². The molecule has 0 saturated carbocycles. The summed E-state index contributed by atoms with van der Waals surface area (Å²) in [5.74, 6) is 0. The van der Waals surface area contributed by atoms with E-state index in [0.717, 1.165) is 6.54 Å². The van der Waals surface area contributed by atoms with Gasteiger partial charge in [0.1, 0.15) is 5.60 Å². The summed E-state index contributed by atoms with van der Waals surface area (Å²) >= 11 is 0. The standard InChI is InChI=1S/C12H24N2O3/c1-12(2,3)17-11(16)14-8-10(15)6-9(14)7-13(4)5/h9-10,15H,6-8H2,1-5H3/t9-,10-/m1/s1. The number of carbonyl (C=O) groups excluding carboxylic acids is 1. The van der Waals surface area contributed by atoms with Gasteiger partial charge in [0, 0.05) is 6.54 Å². The first-order valence-electron chi connectivity index (χ1n) is 6.01. The summed E-state index contributed by atoms with van der Waals surface area (Å²) in [6.45, 7) is 6.65. The lowest BCUT2D eigenvalue weighted by Crippen LogP contribution is -2.44. The zero-order valence-corrected chi connectivity index (χ0v) is 11.4. The van der Waals surface area contributed by atoms with Crippen LogP contribution in [0.3, 0.4) is 0 Å². The van der Waals surface area contributed by atoms with Crippen LogP contribution in [0.1, 0.15) is 27.2 Å². The predicted octanol–water partition coefficient (Wildman–Crippen LogP) is 0.918. The van der Waals surface area contributed by atoms with Crippen molar-refractivity contribution in [3.8, 4) is 0 Å². The topological polar surface area (TPSA) is 53.0 Å². The lowest BCUT2D eigenvalue weighted by Gasteiger charge is -2.29. The molecule has 1 N–H and O–H groups in total. The fourth-order valence-electron chi connectivity index (χ4n) is 2.03. The molecule has 5 heteroatoms. The number of ether oxygens (including phenoxy) is 1. The Bertz CT molecular complexity index is 273. The Kier molecular flexibility index (Phi) is 4.38. The van der Waals surface area contributed by atoms with Crippen molar-refractivity contribution < 1.29 is 14.6 Å². The monoisotopic (exact) mass is 244 g/mol. The summed E-state index contributed by atoms with van der Waals surface area (Å²) in [7, 11) is 3.91. The second-order valence-electron chi connectivity index (χ2n) is 5.94. The maximum atomic E-state index is 12.0. The average molecular weight is 244 g/mol. The molecule has 0 bridgehead atoms. The van der Waals surface area contributed by atoms with E-state index in [2.05, 4.69) is 0 Å². The molecule has 1 saturated heterocycles. The molecule has 0 aromatic rings. The zero-order chi connectivity index (χ0) is 13.2. The lowest BCUT2D eigenvalue weighted by molar-refractivity contribution is 0.0192. The van der Waals surface area contributed by atoms with Crippen LogP contribution < -0.4 is 0 Å². The highest BCUT2D eigenvalue weighted by Crippen LogP contribution is 2.21. The van der Waals surface area contributed by atoms with Crippen molar-refractivity contribution in [3.05, 3.63) is 0 Å². The van der Waals surface area contributed by atoms with Crippen LogP contribution in [0.15, 0.2) is 0 Å². The Morgan fingerprint density at radius 3 is 2.53 bits per heavy atom. The minimum atomic E-state index is -0.493. The molecule has 0 unspecified atom stereocenters. The smallest absolute Gasteiger partial charge is 0.410 e. The first kappa shape index (κ1) is 14.3. The third kappa shape index (κ3) is 4.52. The molecule has 0 spiro atoms. The van der Waals surface area contributed by atoms with Crippen LogP contribution in [-0.4, -0.2) is 65.9 Å². The SMILES string of the molecule is CN(C)C[C@H]1C[C@@H](O)CN1C(=O)OC(C)(C)C. The number of amides is 1. The van der Waals surface area contributed by atoms with E-state index in [1.54, 1.807) is 4.90 Å². The minimum absolute atomic E-state index is 0.0369. The maximum absolute atomic E-state index is 12.0. The molecule has 1 fully saturated rings. The summed E-state index contributed by atoms with van der Waals surface area (Å²) in [6.07, 6.45) is -0.148. The highest BCUT2D eigenvalue weighted by molar-refractivity contribution is 5.69. The van der Waals surface area contributed by atoms with E-state index in [9.17, 15) is 9.90 Å². The summed E-state index contributed by atoms with van der Waals surface area (Å²) in [5.41, 5.74) is -0.493. The van der Waals surface area contributed by atoms with E-state index in [1.807, 2.05) is 39.8 Å². The van der Waals surface area contributed by atoms with Gasteiger partial charge in [0.25, 0.3) is 0 Å². The molecule has 0 radical (unpaired) electrons. The van der Waals surface area contributed by atoms with Gasteiger partial charge in [-0.2, -0.15) is 0 Å². The van der Waals surface area contributed by atoms with Gasteiger partial charge in [-0.1, -0.05) is 0 Å². The molecule has 100 valence electrons. The number of hydrogen-bond donors (Lipinski definition) is 1. The molecule has 0 aromatic carbocycles. The van der Waals surface area contributed by atoms with Crippen LogP contribution in [0.2, 0.25) is 0 Å². The Hall–Kier alpha value is -0.810.